The van der Waals surface area contributed by atoms with Crippen LogP contribution in [0.15, 0.2) is 47.4 Å². The number of sulfonamides is 1. The average molecular weight is 453 g/mol. The molecule has 0 spiro atoms. The van der Waals surface area contributed by atoms with Crippen molar-refractivity contribution in [3.63, 3.8) is 0 Å². The summed E-state index contributed by atoms with van der Waals surface area (Å²) in [7, 11) is -3.83. The third-order valence-corrected chi connectivity index (χ3v) is 6.80. The highest BCUT2D eigenvalue weighted by Crippen LogP contribution is 2.28. The van der Waals surface area contributed by atoms with E-state index in [1.807, 2.05) is 6.92 Å². The molecule has 1 fully saturated rings. The normalized spacial score (nSPS) is 14.9. The Balaban J connectivity index is 1.65. The second kappa shape index (κ2) is 9.57. The van der Waals surface area contributed by atoms with Crippen molar-refractivity contribution in [1.29, 1.82) is 0 Å². The lowest BCUT2D eigenvalue weighted by Crippen LogP contribution is -2.40. The summed E-state index contributed by atoms with van der Waals surface area (Å²) >= 11 is 6.10. The number of hydrogen-bond donors (Lipinski definition) is 1. The highest BCUT2D eigenvalue weighted by Gasteiger charge is 2.28. The topological polar surface area (TPSA) is 102 Å². The Morgan fingerprint density at radius 1 is 1.13 bits per heavy atom. The molecule has 0 radical (unpaired) electrons. The van der Waals surface area contributed by atoms with E-state index in [-0.39, 0.29) is 28.7 Å². The molecule has 8 nitrogen and oxygen atoms in total. The van der Waals surface area contributed by atoms with Crippen molar-refractivity contribution in [2.45, 2.75) is 11.8 Å². The summed E-state index contributed by atoms with van der Waals surface area (Å²) in [4.78, 5) is 24.0. The van der Waals surface area contributed by atoms with Crippen molar-refractivity contribution in [3.05, 3.63) is 58.6 Å². The lowest BCUT2D eigenvalue weighted by molar-refractivity contribution is -0.119. The first kappa shape index (κ1) is 22.2. The van der Waals surface area contributed by atoms with Gasteiger partial charge in [-0.1, -0.05) is 29.3 Å². The molecule has 2 aromatic rings. The summed E-state index contributed by atoms with van der Waals surface area (Å²) in [5.41, 5.74) is 1.55. The van der Waals surface area contributed by atoms with Crippen LogP contribution in [0.25, 0.3) is 0 Å². The first-order valence-corrected chi connectivity index (χ1v) is 11.0. The Labute approximate surface area is 179 Å². The number of nitrogens with one attached hydrogen (secondary N) is 1. The number of benzene rings is 2. The van der Waals surface area contributed by atoms with E-state index in [0.29, 0.717) is 18.8 Å². The smallest absolute Gasteiger partial charge is 0.338 e. The van der Waals surface area contributed by atoms with E-state index in [1.165, 1.54) is 22.5 Å². The number of anilines is 1. The lowest BCUT2D eigenvalue weighted by Gasteiger charge is -2.26. The summed E-state index contributed by atoms with van der Waals surface area (Å²) < 4.78 is 37.2. The van der Waals surface area contributed by atoms with Crippen molar-refractivity contribution in [2.24, 2.45) is 0 Å². The number of morpholine rings is 1. The first-order valence-electron chi connectivity index (χ1n) is 9.18. The van der Waals surface area contributed by atoms with Gasteiger partial charge in [0, 0.05) is 18.8 Å². The number of esters is 1. The minimum absolute atomic E-state index is 0.0466. The molecule has 3 rings (SSSR count). The number of aryl methyl sites for hydroxylation is 1. The van der Waals surface area contributed by atoms with Crippen molar-refractivity contribution in [2.75, 3.05) is 38.2 Å². The van der Waals surface area contributed by atoms with Gasteiger partial charge >= 0.3 is 5.97 Å². The van der Waals surface area contributed by atoms with Gasteiger partial charge in [0.25, 0.3) is 5.91 Å². The standard InChI is InChI=1S/C20H21ClN2O6S/c1-14-2-4-15(5-3-14)20(25)29-13-19(24)22-16-6-7-17(21)18(12-16)30(26,27)23-8-10-28-11-9-23/h2-7,12H,8-11,13H2,1H3,(H,22,24). The maximum Gasteiger partial charge on any atom is 0.338 e. The molecule has 1 N–H and O–H groups in total. The molecule has 0 aromatic heterocycles. The van der Waals surface area contributed by atoms with Gasteiger partial charge in [0.1, 0.15) is 4.90 Å². The second-order valence-corrected chi connectivity index (χ2v) is 8.97. The fourth-order valence-electron chi connectivity index (χ4n) is 2.81. The zero-order chi connectivity index (χ0) is 21.7. The number of rotatable bonds is 6. The van der Waals surface area contributed by atoms with Crippen molar-refractivity contribution >= 4 is 39.2 Å². The van der Waals surface area contributed by atoms with E-state index in [4.69, 9.17) is 21.1 Å². The summed E-state index contributed by atoms with van der Waals surface area (Å²) in [5, 5.41) is 2.56. The number of nitrogens with zero attached hydrogens (tertiary/aromatic N) is 1. The molecular weight excluding hydrogens is 432 g/mol. The Kier molecular flexibility index (Phi) is 7.09. The predicted molar refractivity (Wildman–Crippen MR) is 111 cm³/mol. The Hall–Kier alpha value is -2.46. The maximum absolute atomic E-state index is 12.8. The van der Waals surface area contributed by atoms with Crippen LogP contribution in [0, 0.1) is 6.92 Å². The molecule has 0 saturated carbocycles. The molecule has 1 amide bonds. The molecule has 10 heteroatoms. The molecule has 0 aliphatic carbocycles. The number of hydrogen-bond acceptors (Lipinski definition) is 6. The molecule has 30 heavy (non-hydrogen) atoms. The van der Waals surface area contributed by atoms with Gasteiger partial charge in [-0.25, -0.2) is 13.2 Å². The van der Waals surface area contributed by atoms with E-state index in [0.717, 1.165) is 5.56 Å². The zero-order valence-corrected chi connectivity index (χ0v) is 17.8. The maximum atomic E-state index is 12.8. The van der Waals surface area contributed by atoms with Crippen molar-refractivity contribution in [3.8, 4) is 0 Å². The third-order valence-electron chi connectivity index (χ3n) is 4.42. The molecule has 0 atom stereocenters. The highest BCUT2D eigenvalue weighted by atomic mass is 35.5. The number of ether oxygens (including phenoxy) is 2. The average Bonchev–Trinajstić information content (AvgIpc) is 2.74. The third kappa shape index (κ3) is 5.37. The quantitative estimate of drug-likeness (QED) is 0.675. The van der Waals surface area contributed by atoms with E-state index >= 15 is 0 Å². The first-order chi connectivity index (χ1) is 14.3. The predicted octanol–water partition coefficient (Wildman–Crippen LogP) is 2.46. The van der Waals surface area contributed by atoms with Gasteiger partial charge in [0.15, 0.2) is 6.61 Å². The molecule has 1 heterocycles. The fourth-order valence-corrected chi connectivity index (χ4v) is 4.71. The highest BCUT2D eigenvalue weighted by molar-refractivity contribution is 7.89. The second-order valence-electron chi connectivity index (χ2n) is 6.65. The summed E-state index contributed by atoms with van der Waals surface area (Å²) in [6, 6.07) is 10.9. The van der Waals surface area contributed by atoms with E-state index < -0.39 is 28.5 Å². The van der Waals surface area contributed by atoms with Crippen LogP contribution in [0.4, 0.5) is 5.69 Å². The minimum atomic E-state index is -3.83. The van der Waals surface area contributed by atoms with Crippen LogP contribution < -0.4 is 5.32 Å². The van der Waals surface area contributed by atoms with Crippen molar-refractivity contribution in [1.82, 2.24) is 4.31 Å². The molecule has 0 unspecified atom stereocenters. The molecule has 1 aliphatic rings. The lowest BCUT2D eigenvalue weighted by atomic mass is 10.1. The Bertz CT molecular complexity index is 1030. The van der Waals surface area contributed by atoms with Gasteiger partial charge in [-0.15, -0.1) is 0 Å². The molecule has 1 aliphatic heterocycles. The van der Waals surface area contributed by atoms with Crippen LogP contribution in [0.5, 0.6) is 0 Å². The van der Waals surface area contributed by atoms with Crippen LogP contribution in [0.1, 0.15) is 15.9 Å². The summed E-state index contributed by atoms with van der Waals surface area (Å²) in [6.07, 6.45) is 0. The monoisotopic (exact) mass is 452 g/mol. The van der Waals surface area contributed by atoms with Crippen molar-refractivity contribution < 1.29 is 27.5 Å². The van der Waals surface area contributed by atoms with Gasteiger partial charge in [0.05, 0.1) is 23.8 Å². The fraction of sp³-hybridized carbons (Fsp3) is 0.300. The van der Waals surface area contributed by atoms with Crippen LogP contribution in [-0.2, 0) is 24.3 Å². The van der Waals surface area contributed by atoms with Gasteiger partial charge < -0.3 is 14.8 Å². The van der Waals surface area contributed by atoms with Gasteiger partial charge in [-0.2, -0.15) is 4.31 Å². The molecule has 0 bridgehead atoms. The molecule has 2 aromatic carbocycles. The summed E-state index contributed by atoms with van der Waals surface area (Å²) in [5.74, 6) is -1.23. The molecule has 160 valence electrons. The number of amides is 1. The molecular formula is C20H21ClN2O6S. The SMILES string of the molecule is Cc1ccc(C(=O)OCC(=O)Nc2ccc(Cl)c(S(=O)(=O)N3CCOCC3)c2)cc1. The largest absolute Gasteiger partial charge is 0.452 e. The number of halogens is 1. The summed E-state index contributed by atoms with van der Waals surface area (Å²) in [6.45, 7) is 2.44. The number of carbonyl (C=O) groups is 2. The van der Waals surface area contributed by atoms with Crippen LogP contribution in [0.2, 0.25) is 5.02 Å². The van der Waals surface area contributed by atoms with Crippen LogP contribution in [0.3, 0.4) is 0 Å². The van der Waals surface area contributed by atoms with Crippen LogP contribution in [-0.4, -0.2) is 57.5 Å². The van der Waals surface area contributed by atoms with E-state index in [9.17, 15) is 18.0 Å². The van der Waals surface area contributed by atoms with Gasteiger partial charge in [-0.3, -0.25) is 4.79 Å². The number of carbonyl (C=O) groups excluding carboxylic acids is 2. The zero-order valence-electron chi connectivity index (χ0n) is 16.3. The van der Waals surface area contributed by atoms with E-state index in [1.54, 1.807) is 24.3 Å². The Morgan fingerprint density at radius 3 is 2.47 bits per heavy atom. The van der Waals surface area contributed by atoms with Gasteiger partial charge in [0.2, 0.25) is 10.0 Å². The van der Waals surface area contributed by atoms with Crippen LogP contribution >= 0.6 is 11.6 Å². The minimum Gasteiger partial charge on any atom is -0.452 e. The molecule has 1 saturated heterocycles. The Morgan fingerprint density at radius 2 is 1.80 bits per heavy atom. The van der Waals surface area contributed by atoms with E-state index in [2.05, 4.69) is 5.32 Å². The van der Waals surface area contributed by atoms with Gasteiger partial charge in [-0.05, 0) is 37.3 Å².